The standard InChI is InChI=1S/C15H19BrN2/c1-3-8-18-9-6-14(7-10-18)17-15-5-4-13(16)11-12(15)2/h1,4-5,11,14,17H,6-10H2,2H3. The van der Waals surface area contributed by atoms with E-state index < -0.39 is 0 Å². The van der Waals surface area contributed by atoms with Gasteiger partial charge in [-0.3, -0.25) is 4.90 Å². The summed E-state index contributed by atoms with van der Waals surface area (Å²) in [4.78, 5) is 2.34. The lowest BCUT2D eigenvalue weighted by atomic mass is 10.0. The minimum Gasteiger partial charge on any atom is -0.382 e. The molecule has 1 aromatic carbocycles. The van der Waals surface area contributed by atoms with Crippen molar-refractivity contribution in [1.82, 2.24) is 4.90 Å². The Hall–Kier alpha value is -0.980. The zero-order valence-corrected chi connectivity index (χ0v) is 12.3. The molecule has 0 unspecified atom stereocenters. The first-order valence-corrected chi connectivity index (χ1v) is 7.17. The highest BCUT2D eigenvalue weighted by Gasteiger charge is 2.18. The van der Waals surface area contributed by atoms with Gasteiger partial charge in [0, 0.05) is 29.3 Å². The van der Waals surface area contributed by atoms with E-state index in [9.17, 15) is 0 Å². The van der Waals surface area contributed by atoms with Crippen molar-refractivity contribution in [3.8, 4) is 12.3 Å². The lowest BCUT2D eigenvalue weighted by molar-refractivity contribution is 0.243. The van der Waals surface area contributed by atoms with E-state index in [2.05, 4.69) is 57.2 Å². The quantitative estimate of drug-likeness (QED) is 0.862. The number of halogens is 1. The molecule has 0 aliphatic carbocycles. The summed E-state index contributed by atoms with van der Waals surface area (Å²) in [5, 5.41) is 3.64. The SMILES string of the molecule is C#CCN1CCC(Nc2ccc(Br)cc2C)CC1. The molecular weight excluding hydrogens is 288 g/mol. The van der Waals surface area contributed by atoms with Crippen molar-refractivity contribution >= 4 is 21.6 Å². The molecule has 0 spiro atoms. The zero-order chi connectivity index (χ0) is 13.0. The summed E-state index contributed by atoms with van der Waals surface area (Å²) in [7, 11) is 0. The third kappa shape index (κ3) is 3.51. The van der Waals surface area contributed by atoms with Crippen LogP contribution in [0.1, 0.15) is 18.4 Å². The van der Waals surface area contributed by atoms with Gasteiger partial charge in [0.1, 0.15) is 0 Å². The summed E-state index contributed by atoms with van der Waals surface area (Å²) in [6.07, 6.45) is 7.67. The molecule has 1 N–H and O–H groups in total. The van der Waals surface area contributed by atoms with Gasteiger partial charge in [-0.15, -0.1) is 6.42 Å². The smallest absolute Gasteiger partial charge is 0.0598 e. The van der Waals surface area contributed by atoms with Gasteiger partial charge in [0.25, 0.3) is 0 Å². The summed E-state index contributed by atoms with van der Waals surface area (Å²) < 4.78 is 1.13. The van der Waals surface area contributed by atoms with Crippen molar-refractivity contribution < 1.29 is 0 Å². The molecule has 1 saturated heterocycles. The average molecular weight is 307 g/mol. The van der Waals surface area contributed by atoms with E-state index in [4.69, 9.17) is 6.42 Å². The van der Waals surface area contributed by atoms with Crippen LogP contribution in [-0.4, -0.2) is 30.6 Å². The number of hydrogen-bond acceptors (Lipinski definition) is 2. The second-order valence-electron chi connectivity index (χ2n) is 4.86. The fraction of sp³-hybridized carbons (Fsp3) is 0.467. The lowest BCUT2D eigenvalue weighted by Gasteiger charge is -2.32. The molecule has 18 heavy (non-hydrogen) atoms. The van der Waals surface area contributed by atoms with Gasteiger partial charge < -0.3 is 5.32 Å². The Morgan fingerprint density at radius 2 is 2.17 bits per heavy atom. The third-order valence-corrected chi connectivity index (χ3v) is 3.94. The Morgan fingerprint density at radius 3 is 2.78 bits per heavy atom. The zero-order valence-electron chi connectivity index (χ0n) is 10.7. The Balaban J connectivity index is 1.90. The maximum absolute atomic E-state index is 5.34. The molecule has 1 aliphatic rings. The number of likely N-dealkylation sites (tertiary alicyclic amines) is 1. The second-order valence-corrected chi connectivity index (χ2v) is 5.77. The van der Waals surface area contributed by atoms with E-state index in [0.717, 1.165) is 36.9 Å². The fourth-order valence-electron chi connectivity index (χ4n) is 2.37. The van der Waals surface area contributed by atoms with E-state index in [1.54, 1.807) is 0 Å². The first-order valence-electron chi connectivity index (χ1n) is 6.37. The Labute approximate surface area is 118 Å². The van der Waals surface area contributed by atoms with Crippen molar-refractivity contribution in [3.63, 3.8) is 0 Å². The maximum Gasteiger partial charge on any atom is 0.0598 e. The van der Waals surface area contributed by atoms with Crippen LogP contribution in [-0.2, 0) is 0 Å². The molecule has 3 heteroatoms. The highest BCUT2D eigenvalue weighted by Crippen LogP contribution is 2.23. The van der Waals surface area contributed by atoms with Crippen LogP contribution in [0.15, 0.2) is 22.7 Å². The summed E-state index contributed by atoms with van der Waals surface area (Å²) in [6, 6.07) is 6.95. The van der Waals surface area contributed by atoms with Gasteiger partial charge in [-0.25, -0.2) is 0 Å². The van der Waals surface area contributed by atoms with Crippen LogP contribution in [0.4, 0.5) is 5.69 Å². The van der Waals surface area contributed by atoms with E-state index >= 15 is 0 Å². The van der Waals surface area contributed by atoms with Gasteiger partial charge in [0.2, 0.25) is 0 Å². The van der Waals surface area contributed by atoms with Crippen LogP contribution in [0.25, 0.3) is 0 Å². The minimum absolute atomic E-state index is 0.568. The molecule has 1 aromatic rings. The summed E-state index contributed by atoms with van der Waals surface area (Å²) in [5.41, 5.74) is 2.53. The maximum atomic E-state index is 5.34. The predicted octanol–water partition coefficient (Wildman–Crippen LogP) is 3.27. The number of terminal acetylenes is 1. The Morgan fingerprint density at radius 1 is 1.44 bits per heavy atom. The first kappa shape index (κ1) is 13.5. The molecule has 1 aliphatic heterocycles. The monoisotopic (exact) mass is 306 g/mol. The molecule has 0 aromatic heterocycles. The van der Waals surface area contributed by atoms with E-state index in [0.29, 0.717) is 6.04 Å². The van der Waals surface area contributed by atoms with Crippen molar-refractivity contribution in [2.45, 2.75) is 25.8 Å². The summed E-state index contributed by atoms with van der Waals surface area (Å²) >= 11 is 3.49. The van der Waals surface area contributed by atoms with Crippen molar-refractivity contribution in [3.05, 3.63) is 28.2 Å². The van der Waals surface area contributed by atoms with Crippen LogP contribution < -0.4 is 5.32 Å². The molecule has 0 radical (unpaired) electrons. The van der Waals surface area contributed by atoms with Crippen LogP contribution in [0, 0.1) is 19.3 Å². The van der Waals surface area contributed by atoms with Crippen LogP contribution in [0.2, 0.25) is 0 Å². The Bertz CT molecular complexity index is 442. The van der Waals surface area contributed by atoms with Gasteiger partial charge in [0.05, 0.1) is 6.54 Å². The molecule has 1 fully saturated rings. The van der Waals surface area contributed by atoms with E-state index in [-0.39, 0.29) is 0 Å². The summed E-state index contributed by atoms with van der Waals surface area (Å²) in [5.74, 6) is 2.72. The molecule has 0 bridgehead atoms. The number of anilines is 1. The van der Waals surface area contributed by atoms with Crippen LogP contribution in [0.3, 0.4) is 0 Å². The number of aryl methyl sites for hydroxylation is 1. The van der Waals surface area contributed by atoms with Gasteiger partial charge >= 0.3 is 0 Å². The number of benzene rings is 1. The molecule has 2 rings (SSSR count). The number of piperidine rings is 1. The number of nitrogens with zero attached hydrogens (tertiary/aromatic N) is 1. The Kier molecular flexibility index (Phi) is 4.68. The van der Waals surface area contributed by atoms with Gasteiger partial charge in [0.15, 0.2) is 0 Å². The minimum atomic E-state index is 0.568. The van der Waals surface area contributed by atoms with Crippen LogP contribution >= 0.6 is 15.9 Å². The van der Waals surface area contributed by atoms with Gasteiger partial charge in [-0.05, 0) is 43.5 Å². The molecular formula is C15H19BrN2. The molecule has 0 amide bonds. The highest BCUT2D eigenvalue weighted by atomic mass is 79.9. The molecule has 2 nitrogen and oxygen atoms in total. The number of nitrogens with one attached hydrogen (secondary N) is 1. The average Bonchev–Trinajstić information content (AvgIpc) is 2.35. The van der Waals surface area contributed by atoms with Crippen molar-refractivity contribution in [1.29, 1.82) is 0 Å². The van der Waals surface area contributed by atoms with Gasteiger partial charge in [-0.2, -0.15) is 0 Å². The normalized spacial score (nSPS) is 17.4. The largest absolute Gasteiger partial charge is 0.382 e. The fourth-order valence-corrected chi connectivity index (χ4v) is 2.85. The van der Waals surface area contributed by atoms with E-state index in [1.807, 2.05) is 0 Å². The number of hydrogen-bond donors (Lipinski definition) is 1. The molecule has 0 atom stereocenters. The molecule has 0 saturated carbocycles. The summed E-state index contributed by atoms with van der Waals surface area (Å²) in [6.45, 7) is 5.11. The highest BCUT2D eigenvalue weighted by molar-refractivity contribution is 9.10. The number of rotatable bonds is 3. The third-order valence-electron chi connectivity index (χ3n) is 3.45. The van der Waals surface area contributed by atoms with Crippen LogP contribution in [0.5, 0.6) is 0 Å². The predicted molar refractivity (Wildman–Crippen MR) is 80.8 cm³/mol. The van der Waals surface area contributed by atoms with Crippen molar-refractivity contribution in [2.24, 2.45) is 0 Å². The van der Waals surface area contributed by atoms with Crippen molar-refractivity contribution in [2.75, 3.05) is 25.0 Å². The lowest BCUT2D eigenvalue weighted by Crippen LogP contribution is -2.39. The second kappa shape index (κ2) is 6.26. The topological polar surface area (TPSA) is 15.3 Å². The molecule has 96 valence electrons. The van der Waals surface area contributed by atoms with E-state index in [1.165, 1.54) is 11.3 Å². The molecule has 1 heterocycles. The first-order chi connectivity index (χ1) is 8.69. The van der Waals surface area contributed by atoms with Gasteiger partial charge in [-0.1, -0.05) is 21.9 Å².